The van der Waals surface area contributed by atoms with E-state index in [1.807, 2.05) is 12.2 Å². The van der Waals surface area contributed by atoms with Gasteiger partial charge in [0, 0.05) is 19.3 Å². The van der Waals surface area contributed by atoms with Crippen LogP contribution in [0.5, 0.6) is 0 Å². The number of rotatable bonds is 1. The van der Waals surface area contributed by atoms with Gasteiger partial charge < -0.3 is 10.2 Å². The average molecular weight is 258 g/mol. The number of allylic oxidation sites excluding steroid dienone is 2. The van der Waals surface area contributed by atoms with Crippen molar-refractivity contribution in [3.05, 3.63) is 22.1 Å². The van der Waals surface area contributed by atoms with Crippen molar-refractivity contribution >= 4 is 46.0 Å². The van der Waals surface area contributed by atoms with Crippen molar-refractivity contribution in [2.45, 2.75) is 0 Å². The van der Waals surface area contributed by atoms with Crippen LogP contribution in [0.2, 0.25) is 0 Å². The Kier molecular flexibility index (Phi) is 3.38. The highest BCUT2D eigenvalue weighted by Crippen LogP contribution is 2.28. The summed E-state index contributed by atoms with van der Waals surface area (Å²) in [6.45, 7) is 1.07. The quantitative estimate of drug-likeness (QED) is 0.570. The first-order valence-electron chi connectivity index (χ1n) is 4.46. The molecule has 2 heterocycles. The number of nitrogens with one attached hydrogen (secondary N) is 1. The van der Waals surface area contributed by atoms with Crippen LogP contribution in [0.3, 0.4) is 0 Å². The van der Waals surface area contributed by atoms with Crippen molar-refractivity contribution in [2.24, 2.45) is 0 Å². The lowest BCUT2D eigenvalue weighted by molar-refractivity contribution is -0.115. The Morgan fingerprint density at radius 3 is 2.87 bits per heavy atom. The topological polar surface area (TPSA) is 32.3 Å². The van der Waals surface area contributed by atoms with Gasteiger partial charge >= 0.3 is 0 Å². The molecule has 0 aromatic heterocycles. The van der Waals surface area contributed by atoms with Crippen LogP contribution in [0, 0.1) is 0 Å². The summed E-state index contributed by atoms with van der Waals surface area (Å²) in [5.41, 5.74) is 0. The lowest BCUT2D eigenvalue weighted by Crippen LogP contribution is -2.17. The zero-order chi connectivity index (χ0) is 10.8. The van der Waals surface area contributed by atoms with E-state index in [1.165, 1.54) is 16.8 Å². The van der Waals surface area contributed by atoms with Gasteiger partial charge in [-0.1, -0.05) is 24.0 Å². The average Bonchev–Trinajstić information content (AvgIpc) is 2.70. The van der Waals surface area contributed by atoms with Crippen LogP contribution in [0.4, 0.5) is 0 Å². The zero-order valence-corrected chi connectivity index (χ0v) is 10.6. The summed E-state index contributed by atoms with van der Waals surface area (Å²) in [6.07, 6.45) is 3.82. The molecular formula is C9H10N2OS3. The largest absolute Gasteiger partial charge is 0.369 e. The predicted molar refractivity (Wildman–Crippen MR) is 69.6 cm³/mol. The summed E-state index contributed by atoms with van der Waals surface area (Å²) in [6, 6.07) is 0. The molecule has 80 valence electrons. The van der Waals surface area contributed by atoms with Crippen molar-refractivity contribution in [1.29, 1.82) is 0 Å². The van der Waals surface area contributed by atoms with Crippen molar-refractivity contribution in [3.63, 3.8) is 0 Å². The molecule has 3 nitrogen and oxygen atoms in total. The Morgan fingerprint density at radius 1 is 1.53 bits per heavy atom. The molecular weight excluding hydrogens is 248 g/mol. The lowest BCUT2D eigenvalue weighted by atomic mass is 10.4. The lowest BCUT2D eigenvalue weighted by Gasteiger charge is -2.09. The van der Waals surface area contributed by atoms with E-state index in [-0.39, 0.29) is 5.91 Å². The summed E-state index contributed by atoms with van der Waals surface area (Å²) >= 11 is 8.02. The highest BCUT2D eigenvalue weighted by atomic mass is 32.2. The first-order valence-corrected chi connectivity index (χ1v) is 6.67. The van der Waals surface area contributed by atoms with Gasteiger partial charge in [0.05, 0.1) is 9.93 Å². The predicted octanol–water partition coefficient (Wildman–Crippen LogP) is 1.54. The molecule has 2 aliphatic heterocycles. The molecule has 2 saturated heterocycles. The van der Waals surface area contributed by atoms with Crippen molar-refractivity contribution in [1.82, 2.24) is 10.2 Å². The molecule has 0 spiro atoms. The van der Waals surface area contributed by atoms with Crippen LogP contribution in [0.25, 0.3) is 0 Å². The van der Waals surface area contributed by atoms with Gasteiger partial charge in [0.1, 0.15) is 4.32 Å². The fraction of sp³-hybridized carbons (Fsp3) is 0.333. The highest BCUT2D eigenvalue weighted by molar-refractivity contribution is 8.26. The molecule has 0 aromatic carbocycles. The van der Waals surface area contributed by atoms with Gasteiger partial charge in [0.2, 0.25) is 0 Å². The summed E-state index contributed by atoms with van der Waals surface area (Å²) in [5, 5.41) is 3.79. The van der Waals surface area contributed by atoms with Crippen molar-refractivity contribution < 1.29 is 4.79 Å². The molecule has 0 atom stereocenters. The molecule has 0 bridgehead atoms. The van der Waals surface area contributed by atoms with Crippen molar-refractivity contribution in [2.75, 3.05) is 19.3 Å². The van der Waals surface area contributed by atoms with E-state index in [9.17, 15) is 4.79 Å². The molecule has 6 heteroatoms. The van der Waals surface area contributed by atoms with Crippen molar-refractivity contribution in [3.8, 4) is 0 Å². The van der Waals surface area contributed by atoms with Gasteiger partial charge in [0.25, 0.3) is 5.91 Å². The molecule has 0 aromatic rings. The van der Waals surface area contributed by atoms with E-state index in [2.05, 4.69) is 17.3 Å². The van der Waals surface area contributed by atoms with Gasteiger partial charge in [-0.3, -0.25) is 4.79 Å². The van der Waals surface area contributed by atoms with Gasteiger partial charge in [-0.05, 0) is 12.2 Å². The molecule has 0 radical (unpaired) electrons. The molecule has 15 heavy (non-hydrogen) atoms. The maximum Gasteiger partial charge on any atom is 0.263 e. The van der Waals surface area contributed by atoms with E-state index in [0.717, 1.165) is 12.3 Å². The summed E-state index contributed by atoms with van der Waals surface area (Å²) in [5.74, 6) is 1.02. The monoisotopic (exact) mass is 258 g/mol. The molecule has 0 aliphatic carbocycles. The number of hydrogen-bond acceptors (Lipinski definition) is 5. The highest BCUT2D eigenvalue weighted by Gasteiger charge is 2.21. The minimum absolute atomic E-state index is 0.0903. The van der Waals surface area contributed by atoms with Crippen LogP contribution >= 0.6 is 35.7 Å². The van der Waals surface area contributed by atoms with Crippen LogP contribution in [0.15, 0.2) is 22.1 Å². The van der Waals surface area contributed by atoms with Gasteiger partial charge in [-0.2, -0.15) is 0 Å². The van der Waals surface area contributed by atoms with Crippen LogP contribution in [-0.2, 0) is 4.79 Å². The Hall–Kier alpha value is -0.460. The standard InChI is InChI=1S/C9H10N2OS3/c1-11-4-5-14-7(11)3-2-6-8(12)10-9(13)15-6/h2-3H,4-5H2,1H3,(H,10,12,13)/b6-2-,7-3+. The third-order valence-electron chi connectivity index (χ3n) is 2.07. The number of amides is 1. The number of carbonyl (C=O) groups excluding carboxylic acids is 1. The maximum atomic E-state index is 11.3. The molecule has 0 unspecified atom stereocenters. The first kappa shape index (κ1) is 11.0. The van der Waals surface area contributed by atoms with Gasteiger partial charge in [-0.25, -0.2) is 0 Å². The fourth-order valence-corrected chi connectivity index (χ4v) is 3.30. The van der Waals surface area contributed by atoms with E-state index in [0.29, 0.717) is 9.23 Å². The molecule has 2 aliphatic rings. The van der Waals surface area contributed by atoms with Gasteiger partial charge in [0.15, 0.2) is 0 Å². The summed E-state index contributed by atoms with van der Waals surface area (Å²) < 4.78 is 0.539. The van der Waals surface area contributed by atoms with Crippen LogP contribution in [-0.4, -0.2) is 34.5 Å². The molecule has 1 amide bonds. The summed E-state index contributed by atoms with van der Waals surface area (Å²) in [7, 11) is 2.05. The third-order valence-corrected chi connectivity index (χ3v) is 4.38. The van der Waals surface area contributed by atoms with Crippen LogP contribution < -0.4 is 5.32 Å². The number of carbonyl (C=O) groups is 1. The number of thiocarbonyl (C=S) groups is 1. The van der Waals surface area contributed by atoms with E-state index < -0.39 is 0 Å². The third kappa shape index (κ3) is 2.56. The zero-order valence-electron chi connectivity index (χ0n) is 8.15. The number of thioether (sulfide) groups is 2. The fourth-order valence-electron chi connectivity index (χ4n) is 1.27. The first-order chi connectivity index (χ1) is 7.16. The Balaban J connectivity index is 2.11. The number of hydrogen-bond donors (Lipinski definition) is 1. The van der Waals surface area contributed by atoms with E-state index >= 15 is 0 Å². The molecule has 0 saturated carbocycles. The second-order valence-electron chi connectivity index (χ2n) is 3.15. The summed E-state index contributed by atoms with van der Waals surface area (Å²) in [4.78, 5) is 14.2. The second-order valence-corrected chi connectivity index (χ2v) is 5.98. The molecule has 1 N–H and O–H groups in total. The number of nitrogens with zero attached hydrogens (tertiary/aromatic N) is 1. The van der Waals surface area contributed by atoms with Gasteiger partial charge in [-0.15, -0.1) is 11.8 Å². The second kappa shape index (κ2) is 4.59. The minimum Gasteiger partial charge on any atom is -0.369 e. The smallest absolute Gasteiger partial charge is 0.263 e. The Morgan fingerprint density at radius 2 is 2.33 bits per heavy atom. The molecule has 2 rings (SSSR count). The normalized spacial score (nSPS) is 26.9. The molecule has 2 fully saturated rings. The Bertz CT molecular complexity index is 376. The van der Waals surface area contributed by atoms with E-state index in [4.69, 9.17) is 12.2 Å². The van der Waals surface area contributed by atoms with E-state index in [1.54, 1.807) is 11.8 Å². The maximum absolute atomic E-state index is 11.3. The van der Waals surface area contributed by atoms with Crippen LogP contribution in [0.1, 0.15) is 0 Å². The minimum atomic E-state index is -0.0903. The SMILES string of the molecule is CN1CCS/C1=C/C=C1\SC(=S)NC1=O. The Labute approximate surface area is 102 Å².